The molecule has 3 heterocycles. The molecule has 0 bridgehead atoms. The highest BCUT2D eigenvalue weighted by molar-refractivity contribution is 8.00. The van der Waals surface area contributed by atoms with Crippen molar-refractivity contribution in [3.8, 4) is 0 Å². The van der Waals surface area contributed by atoms with Crippen LogP contribution in [0.25, 0.3) is 0 Å². The molecule has 0 fully saturated rings. The minimum Gasteiger partial charge on any atom is -0.348 e. The van der Waals surface area contributed by atoms with Crippen LogP contribution in [0.15, 0.2) is 29.8 Å². The van der Waals surface area contributed by atoms with Gasteiger partial charge in [0.1, 0.15) is 6.33 Å². The normalized spacial score (nSPS) is 19.4. The smallest absolute Gasteiger partial charge is 0.236 e. The molecule has 0 radical (unpaired) electrons. The highest BCUT2D eigenvalue weighted by Crippen LogP contribution is 2.29. The molecule has 0 saturated heterocycles. The lowest BCUT2D eigenvalue weighted by Crippen LogP contribution is -2.44. The number of aryl methyl sites for hydroxylation is 1. The Hall–Kier alpha value is -1.76. The van der Waals surface area contributed by atoms with Gasteiger partial charge in [-0.1, -0.05) is 11.8 Å². The molecule has 112 valence electrons. The Kier molecular flexibility index (Phi) is 3.75. The molecule has 2 atom stereocenters. The quantitative estimate of drug-likeness (QED) is 0.810. The third-order valence-electron chi connectivity index (χ3n) is 3.92. The van der Waals surface area contributed by atoms with E-state index in [1.807, 2.05) is 29.5 Å². The first-order valence-corrected chi connectivity index (χ1v) is 7.92. The van der Waals surface area contributed by atoms with Gasteiger partial charge in [-0.05, 0) is 26.0 Å². The van der Waals surface area contributed by atoms with Crippen LogP contribution >= 0.6 is 11.8 Å². The molecule has 21 heavy (non-hydrogen) atoms. The summed E-state index contributed by atoms with van der Waals surface area (Å²) in [6, 6.07) is 4.24. The summed E-state index contributed by atoms with van der Waals surface area (Å²) in [6.07, 6.45) is 3.72. The van der Waals surface area contributed by atoms with Gasteiger partial charge >= 0.3 is 0 Å². The molecule has 2 unspecified atom stereocenters. The molecule has 0 aliphatic carbocycles. The van der Waals surface area contributed by atoms with E-state index in [9.17, 15) is 4.79 Å². The van der Waals surface area contributed by atoms with E-state index in [1.165, 1.54) is 17.5 Å². The summed E-state index contributed by atoms with van der Waals surface area (Å²) in [6.45, 7) is 5.63. The monoisotopic (exact) mass is 305 g/mol. The number of rotatable bonds is 3. The lowest BCUT2D eigenvalue weighted by molar-refractivity contribution is -0.133. The van der Waals surface area contributed by atoms with E-state index >= 15 is 0 Å². The average molecular weight is 305 g/mol. The number of hydrogen-bond acceptors (Lipinski definition) is 4. The Morgan fingerprint density at radius 1 is 1.48 bits per heavy atom. The van der Waals surface area contributed by atoms with Crippen molar-refractivity contribution in [1.29, 1.82) is 0 Å². The van der Waals surface area contributed by atoms with Gasteiger partial charge in [0.05, 0.1) is 11.3 Å². The van der Waals surface area contributed by atoms with Gasteiger partial charge in [0.25, 0.3) is 0 Å². The lowest BCUT2D eigenvalue weighted by atomic mass is 10.1. The predicted molar refractivity (Wildman–Crippen MR) is 80.9 cm³/mol. The maximum atomic E-state index is 12.7. The molecule has 7 heteroatoms. The Morgan fingerprint density at radius 3 is 3.00 bits per heavy atom. The Labute approximate surface area is 128 Å². The van der Waals surface area contributed by atoms with E-state index in [-0.39, 0.29) is 17.2 Å². The van der Waals surface area contributed by atoms with Crippen LogP contribution in [-0.4, -0.2) is 41.9 Å². The zero-order chi connectivity index (χ0) is 15.0. The number of amides is 1. The van der Waals surface area contributed by atoms with Crippen LogP contribution in [0.5, 0.6) is 0 Å². The van der Waals surface area contributed by atoms with E-state index in [0.717, 1.165) is 18.2 Å². The number of thioether (sulfide) groups is 1. The first-order chi connectivity index (χ1) is 10.1. The first kappa shape index (κ1) is 14.2. The van der Waals surface area contributed by atoms with Gasteiger partial charge in [-0.3, -0.25) is 4.79 Å². The molecular formula is C14H19N5OS. The van der Waals surface area contributed by atoms with Crippen LogP contribution < -0.4 is 0 Å². The van der Waals surface area contributed by atoms with Gasteiger partial charge in [-0.15, -0.1) is 10.2 Å². The van der Waals surface area contributed by atoms with Gasteiger partial charge in [-0.2, -0.15) is 0 Å². The lowest BCUT2D eigenvalue weighted by Gasteiger charge is -2.36. The SMILES string of the molecule is CC(Sc1nncn1C)C(=O)N1CCn2cccc2C1C. The zero-order valence-corrected chi connectivity index (χ0v) is 13.2. The molecule has 0 saturated carbocycles. The Balaban J connectivity index is 1.72. The fraction of sp³-hybridized carbons (Fsp3) is 0.500. The second-order valence-electron chi connectivity index (χ2n) is 5.32. The van der Waals surface area contributed by atoms with Gasteiger partial charge in [-0.25, -0.2) is 0 Å². The van der Waals surface area contributed by atoms with E-state index in [4.69, 9.17) is 0 Å². The van der Waals surface area contributed by atoms with E-state index < -0.39 is 0 Å². The van der Waals surface area contributed by atoms with Gasteiger partial charge in [0, 0.05) is 32.0 Å². The van der Waals surface area contributed by atoms with Crippen LogP contribution in [0.1, 0.15) is 25.6 Å². The van der Waals surface area contributed by atoms with Crippen LogP contribution in [-0.2, 0) is 18.4 Å². The van der Waals surface area contributed by atoms with Crippen molar-refractivity contribution in [3.63, 3.8) is 0 Å². The number of nitrogens with zero attached hydrogens (tertiary/aromatic N) is 5. The number of fused-ring (bicyclic) bond motifs is 1. The Morgan fingerprint density at radius 2 is 2.29 bits per heavy atom. The third-order valence-corrected chi connectivity index (χ3v) is 5.06. The van der Waals surface area contributed by atoms with Crippen molar-refractivity contribution in [3.05, 3.63) is 30.4 Å². The summed E-state index contributed by atoms with van der Waals surface area (Å²) in [7, 11) is 1.88. The van der Waals surface area contributed by atoms with Crippen molar-refractivity contribution in [1.82, 2.24) is 24.2 Å². The predicted octanol–water partition coefficient (Wildman–Crippen LogP) is 1.70. The molecule has 3 rings (SSSR count). The maximum absolute atomic E-state index is 12.7. The number of aromatic nitrogens is 4. The summed E-state index contributed by atoms with van der Waals surface area (Å²) in [5.74, 6) is 0.156. The molecule has 1 aliphatic rings. The highest BCUT2D eigenvalue weighted by Gasteiger charge is 2.31. The van der Waals surface area contributed by atoms with Crippen molar-refractivity contribution >= 4 is 17.7 Å². The van der Waals surface area contributed by atoms with E-state index in [0.29, 0.717) is 0 Å². The third kappa shape index (κ3) is 2.57. The standard InChI is InChI=1S/C14H19N5OS/c1-10-12-5-4-6-18(12)7-8-19(10)13(20)11(2)21-14-16-15-9-17(14)3/h4-6,9-11H,7-8H2,1-3H3. The average Bonchev–Trinajstić information content (AvgIpc) is 3.08. The zero-order valence-electron chi connectivity index (χ0n) is 12.4. The van der Waals surface area contributed by atoms with Crippen molar-refractivity contribution in [2.24, 2.45) is 7.05 Å². The second kappa shape index (κ2) is 5.55. The van der Waals surface area contributed by atoms with Crippen molar-refractivity contribution in [2.75, 3.05) is 6.54 Å². The van der Waals surface area contributed by atoms with Gasteiger partial charge in [0.15, 0.2) is 5.16 Å². The molecular weight excluding hydrogens is 286 g/mol. The number of carbonyl (C=O) groups excluding carboxylic acids is 1. The van der Waals surface area contributed by atoms with Gasteiger partial charge < -0.3 is 14.0 Å². The van der Waals surface area contributed by atoms with E-state index in [2.05, 4.69) is 34.0 Å². The first-order valence-electron chi connectivity index (χ1n) is 7.04. The topological polar surface area (TPSA) is 56.0 Å². The molecule has 6 nitrogen and oxygen atoms in total. The summed E-state index contributed by atoms with van der Waals surface area (Å²) < 4.78 is 4.05. The summed E-state index contributed by atoms with van der Waals surface area (Å²) in [5.41, 5.74) is 1.20. The minimum atomic E-state index is -0.170. The van der Waals surface area contributed by atoms with Crippen molar-refractivity contribution in [2.45, 2.75) is 36.8 Å². The fourth-order valence-corrected chi connectivity index (χ4v) is 3.56. The molecule has 0 N–H and O–H groups in total. The molecule has 1 amide bonds. The number of hydrogen-bond donors (Lipinski definition) is 0. The minimum absolute atomic E-state index is 0.115. The van der Waals surface area contributed by atoms with Crippen LogP contribution in [0, 0.1) is 0 Å². The summed E-state index contributed by atoms with van der Waals surface area (Å²) >= 11 is 1.46. The van der Waals surface area contributed by atoms with Crippen LogP contribution in [0.2, 0.25) is 0 Å². The van der Waals surface area contributed by atoms with E-state index in [1.54, 1.807) is 6.33 Å². The Bertz CT molecular complexity index is 649. The second-order valence-corrected chi connectivity index (χ2v) is 6.63. The molecule has 2 aromatic rings. The largest absolute Gasteiger partial charge is 0.348 e. The van der Waals surface area contributed by atoms with Crippen LogP contribution in [0.4, 0.5) is 0 Å². The highest BCUT2D eigenvalue weighted by atomic mass is 32.2. The molecule has 0 aromatic carbocycles. The molecule has 2 aromatic heterocycles. The number of carbonyl (C=O) groups is 1. The molecule has 1 aliphatic heterocycles. The summed E-state index contributed by atoms with van der Waals surface area (Å²) in [5, 5.41) is 8.48. The fourth-order valence-electron chi connectivity index (χ4n) is 2.70. The van der Waals surface area contributed by atoms with Crippen molar-refractivity contribution < 1.29 is 4.79 Å². The van der Waals surface area contributed by atoms with Crippen LogP contribution in [0.3, 0.4) is 0 Å². The maximum Gasteiger partial charge on any atom is 0.236 e. The van der Waals surface area contributed by atoms with Gasteiger partial charge in [0.2, 0.25) is 5.91 Å². The summed E-state index contributed by atoms with van der Waals surface area (Å²) in [4.78, 5) is 14.7. The molecule has 0 spiro atoms.